The van der Waals surface area contributed by atoms with Crippen molar-refractivity contribution in [3.63, 3.8) is 0 Å². The number of nitrogens with zero attached hydrogens (tertiary/aromatic N) is 2. The lowest BCUT2D eigenvalue weighted by Gasteiger charge is -2.10. The van der Waals surface area contributed by atoms with E-state index in [-0.39, 0.29) is 5.56 Å². The minimum atomic E-state index is -0.624. The summed E-state index contributed by atoms with van der Waals surface area (Å²) in [5.74, 6) is -0.461. The minimum Gasteiger partial charge on any atom is -0.398 e. The van der Waals surface area contributed by atoms with Crippen molar-refractivity contribution in [3.8, 4) is 0 Å². The molecule has 0 aliphatic rings. The Labute approximate surface area is 128 Å². The molecule has 0 radical (unpaired) electrons. The summed E-state index contributed by atoms with van der Waals surface area (Å²) in [6.45, 7) is 1.71. The number of aromatic nitrogens is 2. The van der Waals surface area contributed by atoms with Crippen molar-refractivity contribution in [2.75, 3.05) is 5.73 Å². The molecule has 0 saturated heterocycles. The van der Waals surface area contributed by atoms with Crippen LogP contribution in [0.5, 0.6) is 0 Å². The van der Waals surface area contributed by atoms with Crippen LogP contribution >= 0.6 is 15.9 Å². The number of benzene rings is 1. The summed E-state index contributed by atoms with van der Waals surface area (Å²) < 4.78 is 2.76. The van der Waals surface area contributed by atoms with Crippen LogP contribution < -0.4 is 17.0 Å². The highest BCUT2D eigenvalue weighted by Crippen LogP contribution is 2.24. The van der Waals surface area contributed by atoms with Gasteiger partial charge in [-0.3, -0.25) is 14.2 Å². The van der Waals surface area contributed by atoms with Gasteiger partial charge in [0.2, 0.25) is 0 Å². The second-order valence-corrected chi connectivity index (χ2v) is 5.71. The van der Waals surface area contributed by atoms with E-state index in [4.69, 9.17) is 5.73 Å². The fourth-order valence-electron chi connectivity index (χ4n) is 2.05. The molecule has 0 atom stereocenters. The number of aryl methyl sites for hydroxylation is 1. The molecule has 0 aliphatic carbocycles. The quantitative estimate of drug-likeness (QED) is 0.645. The molecule has 2 N–H and O–H groups in total. The largest absolute Gasteiger partial charge is 0.398 e. The van der Waals surface area contributed by atoms with E-state index < -0.39 is 17.0 Å². The van der Waals surface area contributed by atoms with E-state index in [9.17, 15) is 14.4 Å². The lowest BCUT2D eigenvalue weighted by molar-refractivity contribution is 0.103. The molecule has 21 heavy (non-hydrogen) atoms. The average Bonchev–Trinajstić information content (AvgIpc) is 2.43. The molecule has 1 aromatic heterocycles. The van der Waals surface area contributed by atoms with Crippen molar-refractivity contribution in [1.82, 2.24) is 9.13 Å². The third kappa shape index (κ3) is 2.56. The van der Waals surface area contributed by atoms with E-state index in [2.05, 4.69) is 15.9 Å². The summed E-state index contributed by atoms with van der Waals surface area (Å²) >= 11 is 3.28. The zero-order chi connectivity index (χ0) is 15.9. The second-order valence-electron chi connectivity index (χ2n) is 4.80. The van der Waals surface area contributed by atoms with Gasteiger partial charge in [0, 0.05) is 36.0 Å². The maximum Gasteiger partial charge on any atom is 0.330 e. The molecule has 2 aromatic rings. The topological polar surface area (TPSA) is 87.1 Å². The molecule has 2 rings (SSSR count). The first kappa shape index (κ1) is 15.2. The Kier molecular flexibility index (Phi) is 3.87. The Hall–Kier alpha value is -2.15. The smallest absolute Gasteiger partial charge is 0.330 e. The molecule has 1 heterocycles. The molecule has 1 aromatic carbocycles. The van der Waals surface area contributed by atoms with Crippen LogP contribution in [-0.4, -0.2) is 14.9 Å². The van der Waals surface area contributed by atoms with Crippen LogP contribution in [-0.2, 0) is 14.1 Å². The summed E-state index contributed by atoms with van der Waals surface area (Å²) in [5, 5.41) is 0. The van der Waals surface area contributed by atoms with Gasteiger partial charge in [-0.1, -0.05) is 15.9 Å². The molecule has 110 valence electrons. The van der Waals surface area contributed by atoms with Crippen LogP contribution in [0.4, 0.5) is 5.69 Å². The first-order valence-corrected chi connectivity index (χ1v) is 6.90. The van der Waals surface area contributed by atoms with Crippen molar-refractivity contribution in [2.24, 2.45) is 14.1 Å². The zero-order valence-corrected chi connectivity index (χ0v) is 13.4. The average molecular weight is 352 g/mol. The summed E-state index contributed by atoms with van der Waals surface area (Å²) in [6.07, 6.45) is 1.25. The Morgan fingerprint density at radius 1 is 1.19 bits per heavy atom. The number of halogens is 1. The maximum absolute atomic E-state index is 12.6. The molecule has 7 heteroatoms. The number of hydrogen-bond donors (Lipinski definition) is 1. The number of rotatable bonds is 2. The van der Waals surface area contributed by atoms with Crippen molar-refractivity contribution >= 4 is 27.4 Å². The summed E-state index contributed by atoms with van der Waals surface area (Å²) in [7, 11) is 2.82. The minimum absolute atomic E-state index is 0.0693. The normalized spacial score (nSPS) is 10.7. The number of hydrogen-bond acceptors (Lipinski definition) is 4. The number of carbonyl (C=O) groups excluding carboxylic acids is 1. The number of nitrogens with two attached hydrogens (primary N) is 1. The highest BCUT2D eigenvalue weighted by molar-refractivity contribution is 9.10. The van der Waals surface area contributed by atoms with Gasteiger partial charge in [0.05, 0.1) is 0 Å². The van der Waals surface area contributed by atoms with Gasteiger partial charge < -0.3 is 10.3 Å². The first-order chi connectivity index (χ1) is 9.73. The molecular formula is C14H14BrN3O3. The van der Waals surface area contributed by atoms with Gasteiger partial charge in [-0.2, -0.15) is 0 Å². The second kappa shape index (κ2) is 5.33. The first-order valence-electron chi connectivity index (χ1n) is 6.11. The predicted octanol–water partition coefficient (Wildman–Crippen LogP) is 0.968. The van der Waals surface area contributed by atoms with Gasteiger partial charge in [0.25, 0.3) is 5.56 Å². The molecule has 0 bridgehead atoms. The lowest BCUT2D eigenvalue weighted by atomic mass is 9.99. The summed E-state index contributed by atoms with van der Waals surface area (Å²) in [5.41, 5.74) is 6.04. The van der Waals surface area contributed by atoms with Crippen molar-refractivity contribution in [2.45, 2.75) is 6.92 Å². The van der Waals surface area contributed by atoms with Crippen molar-refractivity contribution in [3.05, 3.63) is 60.3 Å². The van der Waals surface area contributed by atoms with Crippen LogP contribution in [0, 0.1) is 6.92 Å². The van der Waals surface area contributed by atoms with Crippen molar-refractivity contribution in [1.29, 1.82) is 0 Å². The maximum atomic E-state index is 12.6. The van der Waals surface area contributed by atoms with Gasteiger partial charge in [-0.05, 0) is 24.6 Å². The van der Waals surface area contributed by atoms with E-state index in [0.717, 1.165) is 4.57 Å². The molecule has 6 nitrogen and oxygen atoms in total. The lowest BCUT2D eigenvalue weighted by Crippen LogP contribution is -2.39. The molecule has 0 fully saturated rings. The fourth-order valence-corrected chi connectivity index (χ4v) is 2.52. The summed E-state index contributed by atoms with van der Waals surface area (Å²) in [6, 6.07) is 3.30. The Morgan fingerprint density at radius 3 is 2.43 bits per heavy atom. The molecule has 0 saturated carbocycles. The number of anilines is 1. The number of nitrogen functional groups attached to an aromatic ring is 1. The van der Waals surface area contributed by atoms with Crippen molar-refractivity contribution < 1.29 is 4.79 Å². The summed E-state index contributed by atoms with van der Waals surface area (Å²) in [4.78, 5) is 36.4. The van der Waals surface area contributed by atoms with Gasteiger partial charge in [-0.15, -0.1) is 0 Å². The zero-order valence-electron chi connectivity index (χ0n) is 11.8. The highest BCUT2D eigenvalue weighted by Gasteiger charge is 2.19. The third-order valence-corrected chi connectivity index (χ3v) is 3.81. The van der Waals surface area contributed by atoms with E-state index in [0.29, 0.717) is 21.3 Å². The van der Waals surface area contributed by atoms with E-state index in [1.165, 1.54) is 24.9 Å². The Morgan fingerprint density at radius 2 is 1.81 bits per heavy atom. The molecule has 0 amide bonds. The van der Waals surface area contributed by atoms with E-state index >= 15 is 0 Å². The monoisotopic (exact) mass is 351 g/mol. The third-order valence-electron chi connectivity index (χ3n) is 3.35. The van der Waals surface area contributed by atoms with Crippen LogP contribution in [0.25, 0.3) is 0 Å². The van der Waals surface area contributed by atoms with E-state index in [1.54, 1.807) is 19.1 Å². The fraction of sp³-hybridized carbons (Fsp3) is 0.214. The Balaban J connectivity index is 2.73. The molecule has 0 aliphatic heterocycles. The van der Waals surface area contributed by atoms with Crippen LogP contribution in [0.2, 0.25) is 0 Å². The predicted molar refractivity (Wildman–Crippen MR) is 83.6 cm³/mol. The Bertz CT molecular complexity index is 865. The van der Waals surface area contributed by atoms with Crippen LogP contribution in [0.15, 0.2) is 32.4 Å². The van der Waals surface area contributed by atoms with Gasteiger partial charge in [0.1, 0.15) is 5.56 Å². The standard InChI is InChI=1S/C14H14BrN3O3/c1-7-9(4-8(15)5-11(7)16)12(19)10-6-17(2)14(21)18(3)13(10)20/h4-6H,16H2,1-3H3. The SMILES string of the molecule is Cc1c(N)cc(Br)cc1C(=O)c1cn(C)c(=O)n(C)c1=O. The molecule has 0 unspecified atom stereocenters. The number of ketones is 1. The molecule has 0 spiro atoms. The van der Waals surface area contributed by atoms with Crippen LogP contribution in [0.1, 0.15) is 21.5 Å². The van der Waals surface area contributed by atoms with Gasteiger partial charge in [0.15, 0.2) is 5.78 Å². The van der Waals surface area contributed by atoms with Crippen LogP contribution in [0.3, 0.4) is 0 Å². The van der Waals surface area contributed by atoms with Gasteiger partial charge in [-0.25, -0.2) is 4.79 Å². The number of carbonyl (C=O) groups is 1. The van der Waals surface area contributed by atoms with E-state index in [1.807, 2.05) is 0 Å². The van der Waals surface area contributed by atoms with Gasteiger partial charge >= 0.3 is 5.69 Å². The highest BCUT2D eigenvalue weighted by atomic mass is 79.9. The molecular weight excluding hydrogens is 338 g/mol.